The number of amides is 1. The van der Waals surface area contributed by atoms with Crippen molar-refractivity contribution in [3.8, 4) is 0 Å². The van der Waals surface area contributed by atoms with Crippen LogP contribution in [-0.2, 0) is 0 Å². The first-order valence-electron chi connectivity index (χ1n) is 9.10. The Hall–Kier alpha value is -2.40. The molecule has 0 radical (unpaired) electrons. The highest BCUT2D eigenvalue weighted by Gasteiger charge is 2.24. The van der Waals surface area contributed by atoms with E-state index in [-0.39, 0.29) is 17.8 Å². The SMILES string of the molecule is CN(C)c1ccc(C(CNC(=O)c2ccc(F)cc2)N2CCCC2)cc1. The average molecular weight is 355 g/mol. The Kier molecular flexibility index (Phi) is 5.89. The second-order valence-electron chi connectivity index (χ2n) is 6.96. The van der Waals surface area contributed by atoms with E-state index in [0.29, 0.717) is 12.1 Å². The summed E-state index contributed by atoms with van der Waals surface area (Å²) in [5, 5.41) is 3.02. The van der Waals surface area contributed by atoms with Crippen molar-refractivity contribution >= 4 is 11.6 Å². The summed E-state index contributed by atoms with van der Waals surface area (Å²) in [5.74, 6) is -0.503. The third-order valence-corrected chi connectivity index (χ3v) is 4.94. The standard InChI is InChI=1S/C21H26FN3O/c1-24(2)19-11-7-16(8-12-19)20(25-13-3-4-14-25)15-23-21(26)17-5-9-18(22)10-6-17/h5-12,20H,3-4,13-15H2,1-2H3,(H,23,26). The van der Waals surface area contributed by atoms with E-state index in [9.17, 15) is 9.18 Å². The molecule has 1 N–H and O–H groups in total. The zero-order valence-corrected chi connectivity index (χ0v) is 15.4. The lowest BCUT2D eigenvalue weighted by Gasteiger charge is -2.28. The average Bonchev–Trinajstić information content (AvgIpc) is 3.17. The number of nitrogens with one attached hydrogen (secondary N) is 1. The number of hydrogen-bond donors (Lipinski definition) is 1. The molecule has 1 saturated heterocycles. The minimum atomic E-state index is -0.336. The fourth-order valence-corrected chi connectivity index (χ4v) is 3.40. The van der Waals surface area contributed by atoms with E-state index in [2.05, 4.69) is 39.4 Å². The Morgan fingerprint density at radius 1 is 1.08 bits per heavy atom. The Morgan fingerprint density at radius 2 is 1.69 bits per heavy atom. The highest BCUT2D eigenvalue weighted by atomic mass is 19.1. The van der Waals surface area contributed by atoms with Crippen LogP contribution in [0.3, 0.4) is 0 Å². The molecule has 138 valence electrons. The van der Waals surface area contributed by atoms with Crippen molar-refractivity contribution in [1.82, 2.24) is 10.2 Å². The zero-order valence-electron chi connectivity index (χ0n) is 15.4. The summed E-state index contributed by atoms with van der Waals surface area (Å²) in [5.41, 5.74) is 2.84. The fourth-order valence-electron chi connectivity index (χ4n) is 3.40. The lowest BCUT2D eigenvalue weighted by Crippen LogP contribution is -2.36. The van der Waals surface area contributed by atoms with E-state index in [4.69, 9.17) is 0 Å². The molecule has 0 aliphatic carbocycles. The van der Waals surface area contributed by atoms with Crippen molar-refractivity contribution in [2.75, 3.05) is 38.6 Å². The van der Waals surface area contributed by atoms with Gasteiger partial charge in [-0.25, -0.2) is 4.39 Å². The van der Waals surface area contributed by atoms with Gasteiger partial charge < -0.3 is 10.2 Å². The maximum Gasteiger partial charge on any atom is 0.251 e. The summed E-state index contributed by atoms with van der Waals surface area (Å²) in [6.45, 7) is 2.64. The molecule has 1 unspecified atom stereocenters. The summed E-state index contributed by atoms with van der Waals surface area (Å²) in [6.07, 6.45) is 2.39. The smallest absolute Gasteiger partial charge is 0.251 e. The Labute approximate surface area is 154 Å². The van der Waals surface area contributed by atoms with E-state index in [0.717, 1.165) is 18.8 Å². The number of benzene rings is 2. The molecular weight excluding hydrogens is 329 g/mol. The number of nitrogens with zero attached hydrogens (tertiary/aromatic N) is 2. The van der Waals surface area contributed by atoms with Crippen LogP contribution < -0.4 is 10.2 Å². The molecule has 5 heteroatoms. The first kappa shape index (κ1) is 18.4. The third kappa shape index (κ3) is 4.41. The number of carbonyl (C=O) groups is 1. The van der Waals surface area contributed by atoms with E-state index in [1.54, 1.807) is 0 Å². The highest BCUT2D eigenvalue weighted by Crippen LogP contribution is 2.26. The molecule has 26 heavy (non-hydrogen) atoms. The van der Waals surface area contributed by atoms with E-state index in [1.807, 2.05) is 14.1 Å². The molecule has 4 nitrogen and oxygen atoms in total. The maximum absolute atomic E-state index is 13.0. The number of carbonyl (C=O) groups excluding carboxylic acids is 1. The van der Waals surface area contributed by atoms with Crippen molar-refractivity contribution in [3.63, 3.8) is 0 Å². The maximum atomic E-state index is 13.0. The van der Waals surface area contributed by atoms with Crippen molar-refractivity contribution < 1.29 is 9.18 Å². The first-order valence-corrected chi connectivity index (χ1v) is 9.10. The van der Waals surface area contributed by atoms with Gasteiger partial charge in [-0.15, -0.1) is 0 Å². The number of anilines is 1. The Morgan fingerprint density at radius 3 is 2.27 bits per heavy atom. The van der Waals surface area contributed by atoms with Gasteiger partial charge in [0.05, 0.1) is 6.04 Å². The summed E-state index contributed by atoms with van der Waals surface area (Å²) in [6, 6.07) is 14.3. The first-order chi connectivity index (χ1) is 12.5. The molecule has 2 aromatic rings. The monoisotopic (exact) mass is 355 g/mol. The van der Waals surface area contributed by atoms with Crippen molar-refractivity contribution in [1.29, 1.82) is 0 Å². The van der Waals surface area contributed by atoms with Gasteiger partial charge in [-0.05, 0) is 67.9 Å². The largest absolute Gasteiger partial charge is 0.378 e. The molecule has 0 spiro atoms. The molecule has 1 fully saturated rings. The predicted molar refractivity (Wildman–Crippen MR) is 103 cm³/mol. The topological polar surface area (TPSA) is 35.6 Å². The van der Waals surface area contributed by atoms with Crippen molar-refractivity contribution in [3.05, 3.63) is 65.5 Å². The van der Waals surface area contributed by atoms with Crippen LogP contribution >= 0.6 is 0 Å². The lowest BCUT2D eigenvalue weighted by molar-refractivity contribution is 0.0938. The van der Waals surface area contributed by atoms with Gasteiger partial charge in [0.15, 0.2) is 0 Å². The van der Waals surface area contributed by atoms with E-state index >= 15 is 0 Å². The van der Waals surface area contributed by atoms with Gasteiger partial charge in [0.25, 0.3) is 5.91 Å². The van der Waals surface area contributed by atoms with Gasteiger partial charge in [-0.3, -0.25) is 9.69 Å². The second-order valence-corrected chi connectivity index (χ2v) is 6.96. The number of halogens is 1. The number of likely N-dealkylation sites (tertiary alicyclic amines) is 1. The normalized spacial score (nSPS) is 15.7. The summed E-state index contributed by atoms with van der Waals surface area (Å²) >= 11 is 0. The molecular formula is C21H26FN3O. The molecule has 0 bridgehead atoms. The quantitative estimate of drug-likeness (QED) is 0.862. The minimum absolute atomic E-state index is 0.151. The van der Waals surface area contributed by atoms with Crippen LogP contribution in [0, 0.1) is 5.82 Å². The fraction of sp³-hybridized carbons (Fsp3) is 0.381. The molecule has 3 rings (SSSR count). The lowest BCUT2D eigenvalue weighted by atomic mass is 10.0. The van der Waals surface area contributed by atoms with Crippen molar-refractivity contribution in [2.45, 2.75) is 18.9 Å². The van der Waals surface area contributed by atoms with Gasteiger partial charge >= 0.3 is 0 Å². The van der Waals surface area contributed by atoms with Gasteiger partial charge in [0, 0.05) is 31.9 Å². The highest BCUT2D eigenvalue weighted by molar-refractivity contribution is 5.94. The predicted octanol–water partition coefficient (Wildman–Crippen LogP) is 3.46. The molecule has 2 aromatic carbocycles. The Balaban J connectivity index is 1.72. The molecule has 0 saturated carbocycles. The third-order valence-electron chi connectivity index (χ3n) is 4.94. The molecule has 0 aromatic heterocycles. The van der Waals surface area contributed by atoms with Gasteiger partial charge in [-0.2, -0.15) is 0 Å². The Bertz CT molecular complexity index is 722. The molecule has 1 aliphatic heterocycles. The number of rotatable bonds is 6. The summed E-state index contributed by atoms with van der Waals surface area (Å²) in [4.78, 5) is 16.9. The van der Waals surface area contributed by atoms with Gasteiger partial charge in [-0.1, -0.05) is 12.1 Å². The van der Waals surface area contributed by atoms with E-state index < -0.39 is 0 Å². The van der Waals surface area contributed by atoms with E-state index in [1.165, 1.54) is 42.7 Å². The molecule has 1 amide bonds. The van der Waals surface area contributed by atoms with Crippen LogP contribution in [0.5, 0.6) is 0 Å². The van der Waals surface area contributed by atoms with Crippen LogP contribution in [0.2, 0.25) is 0 Å². The number of hydrogen-bond acceptors (Lipinski definition) is 3. The summed E-state index contributed by atoms with van der Waals surface area (Å²) in [7, 11) is 4.05. The molecule has 1 heterocycles. The van der Waals surface area contributed by atoms with Crippen LogP contribution in [-0.4, -0.2) is 44.5 Å². The van der Waals surface area contributed by atoms with Gasteiger partial charge in [0.1, 0.15) is 5.82 Å². The van der Waals surface area contributed by atoms with Crippen LogP contribution in [0.25, 0.3) is 0 Å². The second kappa shape index (κ2) is 8.32. The van der Waals surface area contributed by atoms with Crippen LogP contribution in [0.15, 0.2) is 48.5 Å². The molecule has 1 atom stereocenters. The van der Waals surface area contributed by atoms with Gasteiger partial charge in [0.2, 0.25) is 0 Å². The molecule has 1 aliphatic rings. The van der Waals surface area contributed by atoms with Crippen LogP contribution in [0.1, 0.15) is 34.8 Å². The minimum Gasteiger partial charge on any atom is -0.378 e. The van der Waals surface area contributed by atoms with Crippen molar-refractivity contribution in [2.24, 2.45) is 0 Å². The summed E-state index contributed by atoms with van der Waals surface area (Å²) < 4.78 is 13.0. The zero-order chi connectivity index (χ0) is 18.5. The van der Waals surface area contributed by atoms with Crippen LogP contribution in [0.4, 0.5) is 10.1 Å².